The van der Waals surface area contributed by atoms with Crippen LogP contribution in [0.1, 0.15) is 65.5 Å². The van der Waals surface area contributed by atoms with Crippen LogP contribution in [0.15, 0.2) is 12.1 Å². The molecule has 7 nitrogen and oxygen atoms in total. The van der Waals surface area contributed by atoms with Gasteiger partial charge in [-0.2, -0.15) is 0 Å². The number of rotatable bonds is 6. The Morgan fingerprint density at radius 1 is 1.15 bits per heavy atom. The van der Waals surface area contributed by atoms with E-state index < -0.39 is 0 Å². The van der Waals surface area contributed by atoms with Gasteiger partial charge in [0.2, 0.25) is 5.91 Å². The van der Waals surface area contributed by atoms with E-state index in [2.05, 4.69) is 29.4 Å². The summed E-state index contributed by atoms with van der Waals surface area (Å²) in [5.41, 5.74) is 6.13. The Balaban J connectivity index is 1.30. The van der Waals surface area contributed by atoms with Crippen molar-refractivity contribution < 1.29 is 9.53 Å². The van der Waals surface area contributed by atoms with Gasteiger partial charge in [0.15, 0.2) is 0 Å². The van der Waals surface area contributed by atoms with Crippen LogP contribution in [-0.4, -0.2) is 60.0 Å². The van der Waals surface area contributed by atoms with Crippen molar-refractivity contribution in [3.05, 3.63) is 45.9 Å². The number of hydrogen-bond donors (Lipinski definition) is 1. The first-order valence-corrected chi connectivity index (χ1v) is 12.3. The summed E-state index contributed by atoms with van der Waals surface area (Å²) in [4.78, 5) is 27.3. The zero-order valence-electron chi connectivity index (χ0n) is 20.1. The molecule has 1 amide bonds. The van der Waals surface area contributed by atoms with E-state index in [1.165, 1.54) is 24.0 Å². The van der Waals surface area contributed by atoms with E-state index in [1.807, 2.05) is 11.9 Å². The predicted molar refractivity (Wildman–Crippen MR) is 129 cm³/mol. The zero-order chi connectivity index (χ0) is 22.9. The highest BCUT2D eigenvalue weighted by Crippen LogP contribution is 2.33. The Hall–Kier alpha value is -2.67. The van der Waals surface area contributed by atoms with Gasteiger partial charge in [0, 0.05) is 25.6 Å². The van der Waals surface area contributed by atoms with Crippen LogP contribution >= 0.6 is 0 Å². The number of anilines is 1. The van der Waals surface area contributed by atoms with Gasteiger partial charge in [-0.25, -0.2) is 9.97 Å². The Morgan fingerprint density at radius 2 is 1.97 bits per heavy atom. The highest BCUT2D eigenvalue weighted by Gasteiger charge is 2.30. The largest absolute Gasteiger partial charge is 0.496 e. The standard InChI is InChI=1S/C26H35N5O2/c1-27-25-20-11-13-31(16-21(20)28-26(29-25)22-8-5-12-30(22)2)24(32)10-9-19-14-17-6-4-7-18(17)15-23(19)33-3/h14-15,22H,4-13,16H2,1-3H3,(H,27,28,29)/t22-/m1/s1. The van der Waals surface area contributed by atoms with Gasteiger partial charge in [-0.1, -0.05) is 6.07 Å². The van der Waals surface area contributed by atoms with Crippen LogP contribution in [-0.2, 0) is 37.0 Å². The maximum Gasteiger partial charge on any atom is 0.223 e. The normalized spacial score (nSPS) is 20.0. The van der Waals surface area contributed by atoms with Crippen LogP contribution in [0.25, 0.3) is 0 Å². The first kappa shape index (κ1) is 22.1. The fourth-order valence-corrected chi connectivity index (χ4v) is 5.69. The van der Waals surface area contributed by atoms with E-state index in [9.17, 15) is 4.79 Å². The van der Waals surface area contributed by atoms with E-state index in [4.69, 9.17) is 14.7 Å². The smallest absolute Gasteiger partial charge is 0.223 e. The first-order chi connectivity index (χ1) is 16.1. The third-order valence-electron chi connectivity index (χ3n) is 7.59. The van der Waals surface area contributed by atoms with Crippen molar-refractivity contribution in [1.82, 2.24) is 19.8 Å². The summed E-state index contributed by atoms with van der Waals surface area (Å²) in [6, 6.07) is 4.70. The topological polar surface area (TPSA) is 70.6 Å². The maximum absolute atomic E-state index is 13.2. The van der Waals surface area contributed by atoms with Crippen molar-refractivity contribution >= 4 is 11.7 Å². The van der Waals surface area contributed by atoms with Crippen LogP contribution < -0.4 is 10.1 Å². The number of hydrogen-bond acceptors (Lipinski definition) is 6. The first-order valence-electron chi connectivity index (χ1n) is 12.3. The second-order valence-corrected chi connectivity index (χ2v) is 9.60. The summed E-state index contributed by atoms with van der Waals surface area (Å²) in [5.74, 6) is 2.91. The molecule has 5 rings (SSSR count). The lowest BCUT2D eigenvalue weighted by Crippen LogP contribution is -2.37. The van der Waals surface area contributed by atoms with Gasteiger partial charge in [0.25, 0.3) is 0 Å². The number of amides is 1. The quantitative estimate of drug-likeness (QED) is 0.730. The minimum absolute atomic E-state index is 0.187. The Labute approximate surface area is 196 Å². The summed E-state index contributed by atoms with van der Waals surface area (Å²) in [6.45, 7) is 2.36. The molecule has 1 saturated heterocycles. The molecule has 3 aliphatic rings. The summed E-state index contributed by atoms with van der Waals surface area (Å²) in [6.07, 6.45) is 7.73. The van der Waals surface area contributed by atoms with Crippen molar-refractivity contribution in [2.45, 2.75) is 64.0 Å². The summed E-state index contributed by atoms with van der Waals surface area (Å²) >= 11 is 0. The molecule has 0 spiro atoms. The predicted octanol–water partition coefficient (Wildman–Crippen LogP) is 3.30. The second-order valence-electron chi connectivity index (χ2n) is 9.60. The fourth-order valence-electron chi connectivity index (χ4n) is 5.69. The number of fused-ring (bicyclic) bond motifs is 2. The van der Waals surface area contributed by atoms with Gasteiger partial charge < -0.3 is 15.0 Å². The number of likely N-dealkylation sites (tertiary alicyclic amines) is 1. The highest BCUT2D eigenvalue weighted by molar-refractivity contribution is 5.77. The van der Waals surface area contributed by atoms with Crippen molar-refractivity contribution in [3.8, 4) is 5.75 Å². The minimum atomic E-state index is 0.187. The molecule has 1 aromatic heterocycles. The number of carbonyl (C=O) groups is 1. The van der Waals surface area contributed by atoms with E-state index in [0.29, 0.717) is 25.9 Å². The van der Waals surface area contributed by atoms with Gasteiger partial charge in [-0.3, -0.25) is 9.69 Å². The molecule has 1 atom stereocenters. The number of aromatic nitrogens is 2. The molecule has 2 aliphatic heterocycles. The van der Waals surface area contributed by atoms with Crippen LogP contribution in [0.3, 0.4) is 0 Å². The molecule has 1 aromatic carbocycles. The molecule has 2 aromatic rings. The molecule has 0 bridgehead atoms. The van der Waals surface area contributed by atoms with Crippen molar-refractivity contribution in [1.29, 1.82) is 0 Å². The third kappa shape index (κ3) is 4.31. The molecule has 1 N–H and O–H groups in total. The van der Waals surface area contributed by atoms with Gasteiger partial charge in [-0.05, 0) is 81.3 Å². The Bertz CT molecular complexity index is 1050. The summed E-state index contributed by atoms with van der Waals surface area (Å²) < 4.78 is 5.64. The van der Waals surface area contributed by atoms with Crippen molar-refractivity contribution in [2.24, 2.45) is 0 Å². The molecule has 33 heavy (non-hydrogen) atoms. The average molecular weight is 450 g/mol. The van der Waals surface area contributed by atoms with Crippen LogP contribution in [0.2, 0.25) is 0 Å². The lowest BCUT2D eigenvalue weighted by Gasteiger charge is -2.30. The molecule has 1 aliphatic carbocycles. The Kier molecular flexibility index (Phi) is 6.23. The van der Waals surface area contributed by atoms with Gasteiger partial charge in [0.05, 0.1) is 25.4 Å². The molecule has 176 valence electrons. The van der Waals surface area contributed by atoms with E-state index in [-0.39, 0.29) is 11.9 Å². The zero-order valence-corrected chi connectivity index (χ0v) is 20.1. The Morgan fingerprint density at radius 3 is 2.70 bits per heavy atom. The molecule has 0 unspecified atom stereocenters. The van der Waals surface area contributed by atoms with Crippen LogP contribution in [0, 0.1) is 0 Å². The van der Waals surface area contributed by atoms with Crippen molar-refractivity contribution in [2.75, 3.05) is 39.6 Å². The van der Waals surface area contributed by atoms with Crippen LogP contribution in [0.4, 0.5) is 5.82 Å². The maximum atomic E-state index is 13.2. The van der Waals surface area contributed by atoms with Gasteiger partial charge >= 0.3 is 0 Å². The lowest BCUT2D eigenvalue weighted by molar-refractivity contribution is -0.132. The summed E-state index contributed by atoms with van der Waals surface area (Å²) in [5, 5.41) is 3.27. The number of ether oxygens (including phenoxy) is 1. The van der Waals surface area contributed by atoms with Crippen molar-refractivity contribution in [3.63, 3.8) is 0 Å². The number of carbonyl (C=O) groups excluding carboxylic acids is 1. The molecule has 3 heterocycles. The molecule has 7 heteroatoms. The van der Waals surface area contributed by atoms with E-state index in [1.54, 1.807) is 7.11 Å². The van der Waals surface area contributed by atoms with E-state index >= 15 is 0 Å². The molecule has 1 fully saturated rings. The monoisotopic (exact) mass is 449 g/mol. The summed E-state index contributed by atoms with van der Waals surface area (Å²) in [7, 11) is 5.79. The number of aryl methyl sites for hydroxylation is 3. The molecular formula is C26H35N5O2. The number of benzene rings is 1. The molecular weight excluding hydrogens is 414 g/mol. The van der Waals surface area contributed by atoms with E-state index in [0.717, 1.165) is 66.4 Å². The second kappa shape index (κ2) is 9.29. The number of nitrogens with zero attached hydrogens (tertiary/aromatic N) is 4. The number of nitrogens with one attached hydrogen (secondary N) is 1. The fraction of sp³-hybridized carbons (Fsp3) is 0.577. The average Bonchev–Trinajstić information content (AvgIpc) is 3.48. The number of methoxy groups -OCH3 is 1. The molecule has 0 saturated carbocycles. The van der Waals surface area contributed by atoms with Crippen LogP contribution in [0.5, 0.6) is 5.75 Å². The highest BCUT2D eigenvalue weighted by atomic mass is 16.5. The lowest BCUT2D eigenvalue weighted by atomic mass is 10.0. The minimum Gasteiger partial charge on any atom is -0.496 e. The van der Waals surface area contributed by atoms with Gasteiger partial charge in [0.1, 0.15) is 17.4 Å². The van der Waals surface area contributed by atoms with Gasteiger partial charge in [-0.15, -0.1) is 0 Å². The molecule has 0 radical (unpaired) electrons. The SMILES string of the molecule is CNc1nc([C@H]2CCCN2C)nc2c1CCN(C(=O)CCc1cc3c(cc1OC)CCC3)C2. The third-order valence-corrected chi connectivity index (χ3v) is 7.59.